The molecule has 3 fully saturated rings. The molecule has 3 saturated carbocycles. The Morgan fingerprint density at radius 3 is 2.87 bits per heavy atom. The molecule has 23 heavy (non-hydrogen) atoms. The fraction of sp³-hybridized carbons (Fsp3) is 0.556. The third-order valence-corrected chi connectivity index (χ3v) is 6.72. The average Bonchev–Trinajstić information content (AvgIpc) is 2.94. The molecular weight excluding hydrogens is 310 g/mol. The van der Waals surface area contributed by atoms with E-state index in [1.54, 1.807) is 18.3 Å². The molecule has 122 valence electrons. The molecule has 0 unspecified atom stereocenters. The van der Waals surface area contributed by atoms with Gasteiger partial charge in [0.25, 0.3) is 5.91 Å². The van der Waals surface area contributed by atoms with Gasteiger partial charge in [0.1, 0.15) is 11.3 Å². The summed E-state index contributed by atoms with van der Waals surface area (Å²) in [6.07, 6.45) is 4.03. The van der Waals surface area contributed by atoms with Crippen molar-refractivity contribution < 1.29 is 4.79 Å². The Balaban J connectivity index is 1.53. The van der Waals surface area contributed by atoms with Crippen molar-refractivity contribution in [3.05, 3.63) is 29.0 Å². The molecule has 2 heterocycles. The molecule has 0 aliphatic heterocycles. The zero-order valence-corrected chi connectivity index (χ0v) is 14.4. The number of aromatic nitrogens is 2. The Morgan fingerprint density at radius 1 is 1.43 bits per heavy atom. The van der Waals surface area contributed by atoms with Crippen molar-refractivity contribution in [3.8, 4) is 0 Å². The van der Waals surface area contributed by atoms with Crippen LogP contribution in [-0.2, 0) is 0 Å². The number of aromatic amines is 1. The number of carbonyl (C=O) groups is 1. The Hall–Kier alpha value is -1.55. The second-order valence-corrected chi connectivity index (χ2v) is 8.18. The molecule has 2 aromatic rings. The SMILES string of the molecule is C[C@@H]1[C@@H](NC(=O)c2cc3c(Cl)ccnc3[nH]2)C[C@H]2C[C@@H]1C2(C)C. The van der Waals surface area contributed by atoms with E-state index in [0.717, 1.165) is 17.7 Å². The number of halogens is 1. The number of nitrogens with one attached hydrogen (secondary N) is 2. The summed E-state index contributed by atoms with van der Waals surface area (Å²) in [4.78, 5) is 19.9. The molecular formula is C18H22ClN3O. The van der Waals surface area contributed by atoms with Gasteiger partial charge in [-0.05, 0) is 48.1 Å². The summed E-state index contributed by atoms with van der Waals surface area (Å²) >= 11 is 6.15. The average molecular weight is 332 g/mol. The first kappa shape index (κ1) is 15.0. The van der Waals surface area contributed by atoms with E-state index in [9.17, 15) is 4.79 Å². The minimum atomic E-state index is -0.0602. The third-order valence-electron chi connectivity index (χ3n) is 6.39. The van der Waals surface area contributed by atoms with Crippen LogP contribution in [0.15, 0.2) is 18.3 Å². The topological polar surface area (TPSA) is 57.8 Å². The third kappa shape index (κ3) is 2.18. The minimum absolute atomic E-state index is 0.0602. The van der Waals surface area contributed by atoms with Crippen molar-refractivity contribution in [2.24, 2.45) is 23.2 Å². The number of carbonyl (C=O) groups excluding carboxylic acids is 1. The molecule has 3 aliphatic carbocycles. The van der Waals surface area contributed by atoms with Crippen molar-refractivity contribution in [1.29, 1.82) is 0 Å². The lowest BCUT2D eigenvalue weighted by molar-refractivity contribution is -0.113. The Bertz CT molecular complexity index is 782. The molecule has 0 saturated heterocycles. The number of rotatable bonds is 2. The largest absolute Gasteiger partial charge is 0.348 e. The van der Waals surface area contributed by atoms with E-state index in [4.69, 9.17) is 11.6 Å². The molecule has 0 radical (unpaired) electrons. The predicted octanol–water partition coefficient (Wildman–Crippen LogP) is 4.02. The first-order valence-corrected chi connectivity index (χ1v) is 8.70. The van der Waals surface area contributed by atoms with Crippen LogP contribution in [0.1, 0.15) is 44.1 Å². The lowest BCUT2D eigenvalue weighted by atomic mass is 9.45. The summed E-state index contributed by atoms with van der Waals surface area (Å²) in [7, 11) is 0. The van der Waals surface area contributed by atoms with E-state index < -0.39 is 0 Å². The molecule has 0 aromatic carbocycles. The molecule has 4 nitrogen and oxygen atoms in total. The molecule has 2 bridgehead atoms. The van der Waals surface area contributed by atoms with E-state index in [1.807, 2.05) is 0 Å². The summed E-state index contributed by atoms with van der Waals surface area (Å²) in [5.74, 6) is 1.90. The highest BCUT2D eigenvalue weighted by atomic mass is 35.5. The van der Waals surface area contributed by atoms with Gasteiger partial charge in [0.2, 0.25) is 0 Å². The predicted molar refractivity (Wildman–Crippen MR) is 91.5 cm³/mol. The smallest absolute Gasteiger partial charge is 0.268 e. The summed E-state index contributed by atoms with van der Waals surface area (Å²) < 4.78 is 0. The van der Waals surface area contributed by atoms with Gasteiger partial charge in [-0.3, -0.25) is 4.79 Å². The summed E-state index contributed by atoms with van der Waals surface area (Å²) in [5, 5.41) is 4.63. The van der Waals surface area contributed by atoms with Gasteiger partial charge in [-0.2, -0.15) is 0 Å². The van der Waals surface area contributed by atoms with Crippen molar-refractivity contribution in [2.75, 3.05) is 0 Å². The lowest BCUT2D eigenvalue weighted by Crippen LogP contribution is -2.60. The number of hydrogen-bond donors (Lipinski definition) is 2. The van der Waals surface area contributed by atoms with Crippen LogP contribution in [0.3, 0.4) is 0 Å². The Morgan fingerprint density at radius 2 is 2.22 bits per heavy atom. The van der Waals surface area contributed by atoms with Crippen LogP contribution in [0.2, 0.25) is 5.02 Å². The van der Waals surface area contributed by atoms with Crippen LogP contribution in [0.4, 0.5) is 0 Å². The van der Waals surface area contributed by atoms with Crippen molar-refractivity contribution in [2.45, 2.75) is 39.7 Å². The quantitative estimate of drug-likeness (QED) is 0.873. The molecule has 5 heteroatoms. The van der Waals surface area contributed by atoms with Gasteiger partial charge < -0.3 is 10.3 Å². The Kier molecular flexibility index (Phi) is 3.24. The molecule has 2 aromatic heterocycles. The number of amides is 1. The van der Waals surface area contributed by atoms with Crippen LogP contribution in [-0.4, -0.2) is 21.9 Å². The second-order valence-electron chi connectivity index (χ2n) is 7.77. The van der Waals surface area contributed by atoms with Crippen LogP contribution in [0.5, 0.6) is 0 Å². The second kappa shape index (κ2) is 4.97. The maximum atomic E-state index is 12.6. The van der Waals surface area contributed by atoms with Gasteiger partial charge in [-0.15, -0.1) is 0 Å². The number of H-pyrrole nitrogens is 1. The first-order valence-electron chi connectivity index (χ1n) is 8.32. The van der Waals surface area contributed by atoms with E-state index >= 15 is 0 Å². The highest BCUT2D eigenvalue weighted by molar-refractivity contribution is 6.35. The molecule has 0 spiro atoms. The van der Waals surface area contributed by atoms with Gasteiger partial charge in [0.15, 0.2) is 0 Å². The number of hydrogen-bond acceptors (Lipinski definition) is 2. The maximum Gasteiger partial charge on any atom is 0.268 e. The van der Waals surface area contributed by atoms with Crippen molar-refractivity contribution in [1.82, 2.24) is 15.3 Å². The summed E-state index contributed by atoms with van der Waals surface area (Å²) in [6, 6.07) is 3.78. The number of nitrogens with zero attached hydrogens (tertiary/aromatic N) is 1. The molecule has 3 aliphatic rings. The fourth-order valence-electron chi connectivity index (χ4n) is 4.70. The monoisotopic (exact) mass is 331 g/mol. The highest BCUT2D eigenvalue weighted by Gasteiger charge is 2.56. The zero-order chi connectivity index (χ0) is 16.4. The molecule has 4 atom stereocenters. The van der Waals surface area contributed by atoms with E-state index in [2.05, 4.69) is 36.1 Å². The number of fused-ring (bicyclic) bond motifs is 3. The fourth-order valence-corrected chi connectivity index (χ4v) is 4.90. The molecule has 5 rings (SSSR count). The number of pyridine rings is 1. The molecule has 1 amide bonds. The zero-order valence-electron chi connectivity index (χ0n) is 13.7. The summed E-state index contributed by atoms with van der Waals surface area (Å²) in [6.45, 7) is 7.01. The maximum absolute atomic E-state index is 12.6. The molecule has 2 N–H and O–H groups in total. The van der Waals surface area contributed by atoms with Gasteiger partial charge in [-0.1, -0.05) is 32.4 Å². The standard InChI is InChI=1S/C18H22ClN3O/c1-9-12-6-10(18(12,2)3)7-14(9)22-17(23)15-8-11-13(19)4-5-20-16(11)21-15/h4-5,8-10,12,14H,6-7H2,1-3H3,(H,20,21)(H,22,23)/t9-,10+,12-,14-/m0/s1. The highest BCUT2D eigenvalue weighted by Crippen LogP contribution is 2.61. The van der Waals surface area contributed by atoms with Crippen LogP contribution >= 0.6 is 11.6 Å². The van der Waals surface area contributed by atoms with Crippen LogP contribution < -0.4 is 5.32 Å². The Labute approximate surface area is 141 Å². The van der Waals surface area contributed by atoms with Gasteiger partial charge in [0.05, 0.1) is 5.02 Å². The van der Waals surface area contributed by atoms with E-state index in [1.165, 1.54) is 6.42 Å². The van der Waals surface area contributed by atoms with Gasteiger partial charge >= 0.3 is 0 Å². The van der Waals surface area contributed by atoms with Crippen LogP contribution in [0.25, 0.3) is 11.0 Å². The first-order chi connectivity index (χ1) is 10.9. The van der Waals surface area contributed by atoms with Crippen LogP contribution in [0, 0.1) is 23.2 Å². The normalized spacial score (nSPS) is 31.7. The van der Waals surface area contributed by atoms with Gasteiger partial charge in [0, 0.05) is 17.6 Å². The van der Waals surface area contributed by atoms with Crippen molar-refractivity contribution in [3.63, 3.8) is 0 Å². The van der Waals surface area contributed by atoms with E-state index in [-0.39, 0.29) is 11.9 Å². The van der Waals surface area contributed by atoms with Gasteiger partial charge in [-0.25, -0.2) is 4.98 Å². The van der Waals surface area contributed by atoms with Crippen molar-refractivity contribution >= 4 is 28.5 Å². The minimum Gasteiger partial charge on any atom is -0.348 e. The van der Waals surface area contributed by atoms with E-state index in [0.29, 0.717) is 33.6 Å². The lowest BCUT2D eigenvalue weighted by Gasteiger charge is -2.62. The summed E-state index contributed by atoms with van der Waals surface area (Å²) in [5.41, 5.74) is 1.62.